The van der Waals surface area contributed by atoms with Gasteiger partial charge in [0.25, 0.3) is 0 Å². The molecule has 2 aromatic rings. The summed E-state index contributed by atoms with van der Waals surface area (Å²) in [4.78, 5) is 30.4. The SMILES string of the molecule is O=C(CCC(=O)N1CCOCC1)Nc1ccc2oc(C3CC3)nc2c1. The van der Waals surface area contributed by atoms with Crippen molar-refractivity contribution in [3.8, 4) is 0 Å². The minimum absolute atomic E-state index is 0.000483. The monoisotopic (exact) mass is 343 g/mol. The molecule has 0 radical (unpaired) electrons. The predicted octanol–water partition coefficient (Wildman–Crippen LogP) is 2.28. The van der Waals surface area contributed by atoms with Gasteiger partial charge in [-0.2, -0.15) is 0 Å². The van der Waals surface area contributed by atoms with E-state index in [9.17, 15) is 9.59 Å². The molecule has 1 aromatic carbocycles. The average molecular weight is 343 g/mol. The fraction of sp³-hybridized carbons (Fsp3) is 0.500. The molecule has 0 unspecified atom stereocenters. The molecule has 0 atom stereocenters. The first-order chi connectivity index (χ1) is 12.2. The summed E-state index contributed by atoms with van der Waals surface area (Å²) in [5, 5.41) is 2.83. The topological polar surface area (TPSA) is 84.7 Å². The summed E-state index contributed by atoms with van der Waals surface area (Å²) in [6, 6.07) is 5.43. The van der Waals surface area contributed by atoms with Gasteiger partial charge in [0, 0.05) is 37.5 Å². The number of rotatable bonds is 5. The molecule has 7 nitrogen and oxygen atoms in total. The molecule has 0 bridgehead atoms. The van der Waals surface area contributed by atoms with E-state index in [-0.39, 0.29) is 24.7 Å². The highest BCUT2D eigenvalue weighted by Gasteiger charge is 2.28. The maximum absolute atomic E-state index is 12.1. The van der Waals surface area contributed by atoms with Gasteiger partial charge < -0.3 is 19.4 Å². The van der Waals surface area contributed by atoms with Crippen molar-refractivity contribution in [3.05, 3.63) is 24.1 Å². The highest BCUT2D eigenvalue weighted by Crippen LogP contribution is 2.40. The summed E-state index contributed by atoms with van der Waals surface area (Å²) in [7, 11) is 0. The van der Waals surface area contributed by atoms with Crippen LogP contribution in [0.4, 0.5) is 5.69 Å². The van der Waals surface area contributed by atoms with E-state index < -0.39 is 0 Å². The van der Waals surface area contributed by atoms with Crippen molar-refractivity contribution in [2.24, 2.45) is 0 Å². The number of nitrogens with zero attached hydrogens (tertiary/aromatic N) is 2. The third kappa shape index (κ3) is 3.82. The van der Waals surface area contributed by atoms with Crippen molar-refractivity contribution < 1.29 is 18.7 Å². The molecule has 2 aliphatic rings. The van der Waals surface area contributed by atoms with E-state index >= 15 is 0 Å². The third-order valence-electron chi connectivity index (χ3n) is 4.54. The lowest BCUT2D eigenvalue weighted by Gasteiger charge is -2.26. The Morgan fingerprint density at radius 2 is 2.00 bits per heavy atom. The number of oxazole rings is 1. The van der Waals surface area contributed by atoms with Crippen molar-refractivity contribution in [2.75, 3.05) is 31.6 Å². The van der Waals surface area contributed by atoms with Crippen molar-refractivity contribution in [1.29, 1.82) is 0 Å². The first-order valence-electron chi connectivity index (χ1n) is 8.75. The molecule has 2 amide bonds. The van der Waals surface area contributed by atoms with Gasteiger partial charge in [0.2, 0.25) is 11.8 Å². The van der Waals surface area contributed by atoms with Crippen molar-refractivity contribution in [3.63, 3.8) is 0 Å². The number of ether oxygens (including phenoxy) is 1. The third-order valence-corrected chi connectivity index (χ3v) is 4.54. The second-order valence-corrected chi connectivity index (χ2v) is 6.55. The summed E-state index contributed by atoms with van der Waals surface area (Å²) >= 11 is 0. The molecule has 1 saturated carbocycles. The van der Waals surface area contributed by atoms with Crippen LogP contribution in [0.2, 0.25) is 0 Å². The molecule has 1 aromatic heterocycles. The van der Waals surface area contributed by atoms with Gasteiger partial charge in [-0.15, -0.1) is 0 Å². The molecular formula is C18H21N3O4. The number of fused-ring (bicyclic) bond motifs is 1. The normalized spacial score (nSPS) is 17.7. The average Bonchev–Trinajstić information content (AvgIpc) is 3.40. The van der Waals surface area contributed by atoms with Crippen LogP contribution >= 0.6 is 0 Å². The largest absolute Gasteiger partial charge is 0.440 e. The Kier molecular flexibility index (Phi) is 4.40. The van der Waals surface area contributed by atoms with Gasteiger partial charge in [0.15, 0.2) is 11.5 Å². The van der Waals surface area contributed by atoms with E-state index in [2.05, 4.69) is 10.3 Å². The van der Waals surface area contributed by atoms with E-state index in [1.54, 1.807) is 11.0 Å². The van der Waals surface area contributed by atoms with Crippen LogP contribution in [0.25, 0.3) is 11.1 Å². The number of carbonyl (C=O) groups is 2. The number of anilines is 1. The zero-order valence-electron chi connectivity index (χ0n) is 14.0. The van der Waals surface area contributed by atoms with E-state index in [4.69, 9.17) is 9.15 Å². The van der Waals surface area contributed by atoms with E-state index in [1.807, 2.05) is 12.1 Å². The number of hydrogen-bond acceptors (Lipinski definition) is 5. The number of aromatic nitrogens is 1. The van der Waals surface area contributed by atoms with Gasteiger partial charge in [-0.25, -0.2) is 4.98 Å². The number of amides is 2. The summed E-state index contributed by atoms with van der Waals surface area (Å²) in [6.45, 7) is 2.34. The predicted molar refractivity (Wildman–Crippen MR) is 91.2 cm³/mol. The lowest BCUT2D eigenvalue weighted by Crippen LogP contribution is -2.40. The summed E-state index contributed by atoms with van der Waals surface area (Å²) in [5.41, 5.74) is 2.17. The van der Waals surface area contributed by atoms with E-state index in [0.717, 1.165) is 29.8 Å². The second-order valence-electron chi connectivity index (χ2n) is 6.55. The van der Waals surface area contributed by atoms with Gasteiger partial charge in [-0.3, -0.25) is 9.59 Å². The summed E-state index contributed by atoms with van der Waals surface area (Å²) in [6.07, 6.45) is 2.64. The van der Waals surface area contributed by atoms with Gasteiger partial charge >= 0.3 is 0 Å². The Morgan fingerprint density at radius 1 is 1.20 bits per heavy atom. The lowest BCUT2D eigenvalue weighted by atomic mass is 10.2. The minimum Gasteiger partial charge on any atom is -0.440 e. The standard InChI is InChI=1S/C18H21N3O4/c22-16(5-6-17(23)21-7-9-24-10-8-21)19-13-3-4-15-14(11-13)20-18(25-15)12-1-2-12/h3-4,11-12H,1-2,5-10H2,(H,19,22). The molecule has 0 spiro atoms. The molecule has 1 aliphatic carbocycles. The van der Waals surface area contributed by atoms with Gasteiger partial charge in [0.1, 0.15) is 5.52 Å². The van der Waals surface area contributed by atoms with Crippen LogP contribution in [0.15, 0.2) is 22.6 Å². The van der Waals surface area contributed by atoms with Crippen molar-refractivity contribution in [2.45, 2.75) is 31.6 Å². The Hall–Kier alpha value is -2.41. The first kappa shape index (κ1) is 16.1. The molecule has 1 saturated heterocycles. The fourth-order valence-electron chi connectivity index (χ4n) is 2.94. The Labute approximate surface area is 145 Å². The van der Waals surface area contributed by atoms with Crippen LogP contribution in [0.3, 0.4) is 0 Å². The Morgan fingerprint density at radius 3 is 2.76 bits per heavy atom. The Balaban J connectivity index is 1.32. The smallest absolute Gasteiger partial charge is 0.224 e. The molecule has 2 fully saturated rings. The first-order valence-corrected chi connectivity index (χ1v) is 8.75. The molecule has 1 N–H and O–H groups in total. The van der Waals surface area contributed by atoms with Crippen LogP contribution in [0, 0.1) is 0 Å². The zero-order chi connectivity index (χ0) is 17.2. The highest BCUT2D eigenvalue weighted by atomic mass is 16.5. The minimum atomic E-state index is -0.174. The lowest BCUT2D eigenvalue weighted by molar-refractivity contribution is -0.136. The highest BCUT2D eigenvalue weighted by molar-refractivity contribution is 5.94. The van der Waals surface area contributed by atoms with Crippen molar-refractivity contribution in [1.82, 2.24) is 9.88 Å². The molecule has 1 aliphatic heterocycles. The number of benzene rings is 1. The van der Waals surface area contributed by atoms with Gasteiger partial charge in [0.05, 0.1) is 13.2 Å². The molecule has 25 heavy (non-hydrogen) atoms. The van der Waals surface area contributed by atoms with Crippen LogP contribution < -0.4 is 5.32 Å². The van der Waals surface area contributed by atoms with E-state index in [0.29, 0.717) is 37.9 Å². The molecule has 7 heteroatoms. The fourth-order valence-corrected chi connectivity index (χ4v) is 2.94. The Bertz CT molecular complexity index is 791. The van der Waals surface area contributed by atoms with Gasteiger partial charge in [-0.05, 0) is 31.0 Å². The number of carbonyl (C=O) groups excluding carboxylic acids is 2. The maximum atomic E-state index is 12.1. The molecule has 4 rings (SSSR count). The summed E-state index contributed by atoms with van der Waals surface area (Å²) in [5.74, 6) is 1.07. The maximum Gasteiger partial charge on any atom is 0.224 e. The molecule has 2 heterocycles. The van der Waals surface area contributed by atoms with Gasteiger partial charge in [-0.1, -0.05) is 0 Å². The quantitative estimate of drug-likeness (QED) is 0.900. The van der Waals surface area contributed by atoms with Crippen LogP contribution in [-0.2, 0) is 14.3 Å². The van der Waals surface area contributed by atoms with E-state index in [1.165, 1.54) is 0 Å². The zero-order valence-corrected chi connectivity index (χ0v) is 14.0. The molecule has 132 valence electrons. The van der Waals surface area contributed by atoms with Crippen LogP contribution in [0.1, 0.15) is 37.5 Å². The van der Waals surface area contributed by atoms with Crippen molar-refractivity contribution >= 4 is 28.6 Å². The van der Waals surface area contributed by atoms with Crippen LogP contribution in [0.5, 0.6) is 0 Å². The van der Waals surface area contributed by atoms with Crippen LogP contribution in [-0.4, -0.2) is 48.0 Å². The number of nitrogens with one attached hydrogen (secondary N) is 1. The summed E-state index contributed by atoms with van der Waals surface area (Å²) < 4.78 is 10.9. The molecular weight excluding hydrogens is 322 g/mol. The number of hydrogen-bond donors (Lipinski definition) is 1. The number of morpholine rings is 1. The second kappa shape index (κ2) is 6.84.